The van der Waals surface area contributed by atoms with Crippen molar-refractivity contribution >= 4 is 0 Å². The molecule has 0 N–H and O–H groups in total. The molecule has 84 valence electrons. The van der Waals surface area contributed by atoms with E-state index in [9.17, 15) is 0 Å². The van der Waals surface area contributed by atoms with Crippen LogP contribution in [0.1, 0.15) is 32.0 Å². The Hall–Kier alpha value is -1.56. The van der Waals surface area contributed by atoms with E-state index in [2.05, 4.69) is 75.4 Å². The highest BCUT2D eigenvalue weighted by molar-refractivity contribution is 5.38. The fourth-order valence-corrected chi connectivity index (χ4v) is 1.99. The summed E-state index contributed by atoms with van der Waals surface area (Å²) in [6.45, 7) is 6.67. The minimum Gasteiger partial charge on any atom is -0.0622 e. The van der Waals surface area contributed by atoms with Gasteiger partial charge in [0.15, 0.2) is 0 Å². The maximum Gasteiger partial charge on any atom is 0.0146 e. The normalized spacial score (nSPS) is 11.4. The van der Waals surface area contributed by atoms with E-state index in [-0.39, 0.29) is 6.84 Å². The van der Waals surface area contributed by atoms with Gasteiger partial charge in [-0.3, -0.25) is 0 Å². The lowest BCUT2D eigenvalue weighted by molar-refractivity contribution is 0.640. The molecule has 0 aliphatic heterocycles. The molecule has 0 aliphatic rings. The molecule has 0 heterocycles. The smallest absolute Gasteiger partial charge is 0.0146 e. The van der Waals surface area contributed by atoms with Crippen molar-refractivity contribution in [3.05, 3.63) is 71.3 Å². The van der Waals surface area contributed by atoms with Crippen molar-refractivity contribution in [2.45, 2.75) is 26.2 Å². The third-order valence-electron chi connectivity index (χ3n) is 3.27. The first kappa shape index (κ1) is 10.9. The largest absolute Gasteiger partial charge is 0.0622 e. The van der Waals surface area contributed by atoms with Crippen LogP contribution in [0.15, 0.2) is 54.6 Å². The number of hydrogen-bond donors (Lipinski definition) is 0. The second-order valence-electron chi connectivity index (χ2n) is 4.86. The second kappa shape index (κ2) is 4.13. The second-order valence-corrected chi connectivity index (χ2v) is 4.86. The fraction of sp³-hybridized carbons (Fsp3) is 0.250. The summed E-state index contributed by atoms with van der Waals surface area (Å²) in [6, 6.07) is 19.5. The monoisotopic (exact) mass is 212 g/mol. The molecule has 0 amide bonds. The van der Waals surface area contributed by atoms with Crippen LogP contribution in [0.2, 0.25) is 0 Å². The summed E-state index contributed by atoms with van der Waals surface area (Å²) in [6.07, 6.45) is 0. The molecule has 0 aliphatic carbocycles. The van der Waals surface area contributed by atoms with Crippen LogP contribution < -0.4 is 0 Å². The summed E-state index contributed by atoms with van der Waals surface area (Å²) in [5.74, 6) is 0. The van der Waals surface area contributed by atoms with Crippen molar-refractivity contribution in [2.75, 3.05) is 0 Å². The molecular formula is C16H20. The standard InChI is InChI=1S/C16H18.H2/c1-13-9-11-15(12-10-13)16(2,3)14-7-5-4-6-8-14;/h4-12H,1-3H3;1H. The summed E-state index contributed by atoms with van der Waals surface area (Å²) in [7, 11) is 0. The topological polar surface area (TPSA) is 0 Å². The molecule has 0 aromatic heterocycles. The Bertz CT molecular complexity index is 455. The van der Waals surface area contributed by atoms with E-state index >= 15 is 0 Å². The summed E-state index contributed by atoms with van der Waals surface area (Å²) in [5.41, 5.74) is 4.12. The minimum atomic E-state index is 0. The highest BCUT2D eigenvalue weighted by Gasteiger charge is 2.22. The van der Waals surface area contributed by atoms with Crippen molar-refractivity contribution in [2.24, 2.45) is 0 Å². The van der Waals surface area contributed by atoms with Gasteiger partial charge < -0.3 is 0 Å². The maximum atomic E-state index is 2.27. The van der Waals surface area contributed by atoms with Gasteiger partial charge in [-0.25, -0.2) is 0 Å². The zero-order chi connectivity index (χ0) is 11.6. The average Bonchev–Trinajstić information content (AvgIpc) is 2.31. The molecule has 0 saturated carbocycles. The third-order valence-corrected chi connectivity index (χ3v) is 3.27. The van der Waals surface area contributed by atoms with Gasteiger partial charge in [0.05, 0.1) is 0 Å². The lowest BCUT2D eigenvalue weighted by atomic mass is 9.78. The first-order valence-electron chi connectivity index (χ1n) is 5.73. The first-order chi connectivity index (χ1) is 7.60. The van der Waals surface area contributed by atoms with E-state index in [0.29, 0.717) is 0 Å². The van der Waals surface area contributed by atoms with Crippen LogP contribution in [0.3, 0.4) is 0 Å². The molecule has 2 aromatic carbocycles. The van der Waals surface area contributed by atoms with Crippen LogP contribution in [0.4, 0.5) is 0 Å². The molecular weight excluding hydrogens is 192 g/mol. The zero-order valence-corrected chi connectivity index (χ0v) is 10.2. The van der Waals surface area contributed by atoms with E-state index in [1.54, 1.807) is 0 Å². The minimum absolute atomic E-state index is 0. The third kappa shape index (κ3) is 2.01. The van der Waals surface area contributed by atoms with Crippen LogP contribution in [-0.2, 0) is 5.41 Å². The van der Waals surface area contributed by atoms with E-state index in [1.165, 1.54) is 16.7 Å². The lowest BCUT2D eigenvalue weighted by Gasteiger charge is -2.26. The number of benzene rings is 2. The molecule has 16 heavy (non-hydrogen) atoms. The Labute approximate surface area is 99.4 Å². The van der Waals surface area contributed by atoms with Crippen LogP contribution >= 0.6 is 0 Å². The lowest BCUT2D eigenvalue weighted by Crippen LogP contribution is -2.18. The molecule has 0 unspecified atom stereocenters. The molecule has 0 heteroatoms. The molecule has 0 fully saturated rings. The van der Waals surface area contributed by atoms with E-state index in [0.717, 1.165) is 0 Å². The van der Waals surface area contributed by atoms with Crippen molar-refractivity contribution in [3.63, 3.8) is 0 Å². The maximum absolute atomic E-state index is 2.27. The molecule has 0 nitrogen and oxygen atoms in total. The number of aryl methyl sites for hydroxylation is 1. The Morgan fingerprint density at radius 1 is 0.750 bits per heavy atom. The van der Waals surface area contributed by atoms with Crippen molar-refractivity contribution in [1.82, 2.24) is 0 Å². The molecule has 0 radical (unpaired) electrons. The Morgan fingerprint density at radius 2 is 1.25 bits per heavy atom. The van der Waals surface area contributed by atoms with Gasteiger partial charge in [-0.1, -0.05) is 74.0 Å². The molecule has 2 aromatic rings. The zero-order valence-electron chi connectivity index (χ0n) is 10.2. The first-order valence-corrected chi connectivity index (χ1v) is 5.73. The van der Waals surface area contributed by atoms with Gasteiger partial charge in [-0.2, -0.15) is 0 Å². The quantitative estimate of drug-likeness (QED) is 0.684. The predicted molar refractivity (Wildman–Crippen MR) is 71.9 cm³/mol. The summed E-state index contributed by atoms with van der Waals surface area (Å²) < 4.78 is 0. The van der Waals surface area contributed by atoms with Gasteiger partial charge in [-0.15, -0.1) is 0 Å². The van der Waals surface area contributed by atoms with Gasteiger partial charge in [0, 0.05) is 6.84 Å². The molecule has 2 rings (SSSR count). The highest BCUT2D eigenvalue weighted by Crippen LogP contribution is 2.31. The molecule has 0 bridgehead atoms. The van der Waals surface area contributed by atoms with Crippen molar-refractivity contribution in [3.8, 4) is 0 Å². The van der Waals surface area contributed by atoms with Crippen molar-refractivity contribution < 1.29 is 1.43 Å². The van der Waals surface area contributed by atoms with Gasteiger partial charge >= 0.3 is 0 Å². The van der Waals surface area contributed by atoms with Crippen LogP contribution in [0, 0.1) is 6.92 Å². The Balaban J connectivity index is 0.00000144. The van der Waals surface area contributed by atoms with Gasteiger partial charge in [0.25, 0.3) is 0 Å². The van der Waals surface area contributed by atoms with E-state index in [1.807, 2.05) is 0 Å². The summed E-state index contributed by atoms with van der Waals surface area (Å²) in [4.78, 5) is 0. The van der Waals surface area contributed by atoms with Crippen molar-refractivity contribution in [1.29, 1.82) is 0 Å². The number of hydrogen-bond acceptors (Lipinski definition) is 0. The van der Waals surface area contributed by atoms with Gasteiger partial charge in [0.2, 0.25) is 0 Å². The van der Waals surface area contributed by atoms with Crippen LogP contribution in [-0.4, -0.2) is 0 Å². The molecule has 0 saturated heterocycles. The Morgan fingerprint density at radius 3 is 1.81 bits per heavy atom. The van der Waals surface area contributed by atoms with Crippen LogP contribution in [0.25, 0.3) is 0 Å². The SMILES string of the molecule is Cc1ccc(C(C)(C)c2ccccc2)cc1.[HH]. The van der Waals surface area contributed by atoms with E-state index < -0.39 is 0 Å². The van der Waals surface area contributed by atoms with Crippen LogP contribution in [0.5, 0.6) is 0 Å². The van der Waals surface area contributed by atoms with E-state index in [4.69, 9.17) is 0 Å². The summed E-state index contributed by atoms with van der Waals surface area (Å²) >= 11 is 0. The predicted octanol–water partition coefficient (Wildman–Crippen LogP) is 4.57. The van der Waals surface area contributed by atoms with Gasteiger partial charge in [-0.05, 0) is 18.1 Å². The average molecular weight is 212 g/mol. The van der Waals surface area contributed by atoms with Gasteiger partial charge in [0.1, 0.15) is 0 Å². The molecule has 0 atom stereocenters. The summed E-state index contributed by atoms with van der Waals surface area (Å²) in [5, 5.41) is 0. The number of rotatable bonds is 2. The molecule has 0 spiro atoms. The Kier molecular flexibility index (Phi) is 2.82. The highest BCUT2D eigenvalue weighted by atomic mass is 14.3. The fourth-order valence-electron chi connectivity index (χ4n) is 1.99.